The number of ether oxygens (including phenoxy) is 4. The lowest BCUT2D eigenvalue weighted by Gasteiger charge is -2.14. The second kappa shape index (κ2) is 12.9. The molecule has 0 saturated heterocycles. The summed E-state index contributed by atoms with van der Waals surface area (Å²) in [5.74, 6) is 3.06. The van der Waals surface area contributed by atoms with Gasteiger partial charge in [0.15, 0.2) is 17.5 Å². The van der Waals surface area contributed by atoms with Gasteiger partial charge in [0, 0.05) is 25.4 Å². The van der Waals surface area contributed by atoms with Crippen LogP contribution in [0.4, 0.5) is 0 Å². The molecule has 0 aliphatic heterocycles. The van der Waals surface area contributed by atoms with Crippen molar-refractivity contribution in [2.75, 3.05) is 35.0 Å². The Labute approximate surface area is 189 Å². The third kappa shape index (κ3) is 7.15. The van der Waals surface area contributed by atoms with Gasteiger partial charge in [0.1, 0.15) is 0 Å². The molecular weight excluding hydrogens is 487 g/mol. The van der Waals surface area contributed by atoms with Crippen molar-refractivity contribution in [3.8, 4) is 23.1 Å². The van der Waals surface area contributed by atoms with Crippen LogP contribution in [0.5, 0.6) is 23.1 Å². The zero-order valence-corrected chi connectivity index (χ0v) is 19.8. The molecule has 1 aromatic heterocycles. The fraction of sp³-hybridized carbons (Fsp3) is 0.400. The van der Waals surface area contributed by atoms with E-state index < -0.39 is 0 Å². The Morgan fingerprint density at radius 2 is 1.62 bits per heavy atom. The van der Waals surface area contributed by atoms with E-state index >= 15 is 0 Å². The zero-order chi connectivity index (χ0) is 20.4. The van der Waals surface area contributed by atoms with Gasteiger partial charge in [-0.2, -0.15) is 0 Å². The van der Waals surface area contributed by atoms with Gasteiger partial charge in [-0.15, -0.1) is 24.0 Å². The Morgan fingerprint density at radius 1 is 0.931 bits per heavy atom. The lowest BCUT2D eigenvalue weighted by molar-refractivity contribution is 0.324. The summed E-state index contributed by atoms with van der Waals surface area (Å²) in [6.07, 6.45) is 1.72. The molecule has 0 fully saturated rings. The molecule has 0 bridgehead atoms. The molecule has 0 amide bonds. The number of rotatable bonds is 9. The van der Waals surface area contributed by atoms with E-state index in [1.54, 1.807) is 34.6 Å². The van der Waals surface area contributed by atoms with E-state index in [4.69, 9.17) is 18.9 Å². The molecule has 2 rings (SSSR count). The van der Waals surface area contributed by atoms with Crippen LogP contribution in [-0.4, -0.2) is 45.9 Å². The van der Waals surface area contributed by atoms with Crippen LogP contribution in [0.2, 0.25) is 0 Å². The van der Waals surface area contributed by atoms with Gasteiger partial charge in [0.05, 0.1) is 35.0 Å². The number of aromatic nitrogens is 1. The highest BCUT2D eigenvalue weighted by Crippen LogP contribution is 2.38. The van der Waals surface area contributed by atoms with Crippen molar-refractivity contribution in [1.29, 1.82) is 0 Å². The lowest BCUT2D eigenvalue weighted by Crippen LogP contribution is -2.36. The molecular formula is C20H29IN4O4. The third-order valence-electron chi connectivity index (χ3n) is 3.96. The molecule has 1 heterocycles. The van der Waals surface area contributed by atoms with Gasteiger partial charge >= 0.3 is 0 Å². The molecule has 9 heteroatoms. The standard InChI is InChI=1S/C20H28N4O4.HI/c1-6-21-20(23-12-14-7-8-22-18(11-14)27-4)24-13-15-9-16(25-2)19(28-5)17(10-15)26-3;/h7-11H,6,12-13H2,1-5H3,(H2,21,23,24);1H. The predicted molar refractivity (Wildman–Crippen MR) is 124 cm³/mol. The van der Waals surface area contributed by atoms with Gasteiger partial charge in [0.2, 0.25) is 11.6 Å². The minimum Gasteiger partial charge on any atom is -0.493 e. The van der Waals surface area contributed by atoms with Crippen molar-refractivity contribution >= 4 is 29.9 Å². The van der Waals surface area contributed by atoms with Crippen molar-refractivity contribution in [3.05, 3.63) is 41.6 Å². The topological polar surface area (TPSA) is 86.2 Å². The highest BCUT2D eigenvalue weighted by molar-refractivity contribution is 14.0. The predicted octanol–water partition coefficient (Wildman–Crippen LogP) is 2.99. The summed E-state index contributed by atoms with van der Waals surface area (Å²) in [4.78, 5) is 8.76. The van der Waals surface area contributed by atoms with Crippen LogP contribution in [0.25, 0.3) is 0 Å². The molecule has 0 atom stereocenters. The van der Waals surface area contributed by atoms with Crippen LogP contribution in [0, 0.1) is 0 Å². The van der Waals surface area contributed by atoms with Gasteiger partial charge in [-0.05, 0) is 36.2 Å². The highest BCUT2D eigenvalue weighted by atomic mass is 127. The average Bonchev–Trinajstić information content (AvgIpc) is 2.74. The second-order valence-electron chi connectivity index (χ2n) is 5.79. The van der Waals surface area contributed by atoms with E-state index in [0.29, 0.717) is 42.2 Å². The molecule has 0 aliphatic carbocycles. The largest absolute Gasteiger partial charge is 0.493 e. The molecule has 0 radical (unpaired) electrons. The number of halogens is 1. The van der Waals surface area contributed by atoms with Crippen molar-refractivity contribution in [3.63, 3.8) is 0 Å². The zero-order valence-electron chi connectivity index (χ0n) is 17.4. The molecule has 0 saturated carbocycles. The van der Waals surface area contributed by atoms with Crippen molar-refractivity contribution in [1.82, 2.24) is 15.6 Å². The first-order valence-electron chi connectivity index (χ1n) is 8.95. The molecule has 8 nitrogen and oxygen atoms in total. The number of benzene rings is 1. The second-order valence-corrected chi connectivity index (χ2v) is 5.79. The first-order valence-corrected chi connectivity index (χ1v) is 8.95. The van der Waals surface area contributed by atoms with Crippen LogP contribution < -0.4 is 29.6 Å². The number of guanidine groups is 1. The Hall–Kier alpha value is -2.43. The Balaban J connectivity index is 0.00000420. The quantitative estimate of drug-likeness (QED) is 0.301. The van der Waals surface area contributed by atoms with Crippen LogP contribution >= 0.6 is 24.0 Å². The van der Waals surface area contributed by atoms with Crippen molar-refractivity contribution in [2.45, 2.75) is 20.0 Å². The third-order valence-corrected chi connectivity index (χ3v) is 3.96. The number of nitrogens with one attached hydrogen (secondary N) is 2. The summed E-state index contributed by atoms with van der Waals surface area (Å²) in [7, 11) is 6.37. The van der Waals surface area contributed by atoms with Crippen LogP contribution in [0.15, 0.2) is 35.5 Å². The number of nitrogens with zero attached hydrogens (tertiary/aromatic N) is 2. The Bertz CT molecular complexity index is 777. The normalized spacial score (nSPS) is 10.6. The SMILES string of the molecule is CCNC(=NCc1cc(OC)c(OC)c(OC)c1)NCc1ccnc(OC)c1.I. The van der Waals surface area contributed by atoms with E-state index in [1.165, 1.54) is 0 Å². The fourth-order valence-electron chi connectivity index (χ4n) is 2.60. The van der Waals surface area contributed by atoms with E-state index in [2.05, 4.69) is 20.6 Å². The summed E-state index contributed by atoms with van der Waals surface area (Å²) in [6.45, 7) is 3.82. The maximum Gasteiger partial charge on any atom is 0.213 e. The Morgan fingerprint density at radius 3 is 2.17 bits per heavy atom. The monoisotopic (exact) mass is 516 g/mol. The van der Waals surface area contributed by atoms with Gasteiger partial charge in [-0.25, -0.2) is 9.98 Å². The number of hydrogen-bond acceptors (Lipinski definition) is 6. The maximum absolute atomic E-state index is 5.40. The van der Waals surface area contributed by atoms with Gasteiger partial charge < -0.3 is 29.6 Å². The van der Waals surface area contributed by atoms with Crippen LogP contribution in [-0.2, 0) is 13.1 Å². The van der Waals surface area contributed by atoms with Crippen LogP contribution in [0.3, 0.4) is 0 Å². The van der Waals surface area contributed by atoms with Crippen LogP contribution in [0.1, 0.15) is 18.1 Å². The lowest BCUT2D eigenvalue weighted by atomic mass is 10.2. The smallest absolute Gasteiger partial charge is 0.213 e. The number of pyridine rings is 1. The van der Waals surface area contributed by atoms with Crippen molar-refractivity contribution in [2.24, 2.45) is 4.99 Å². The molecule has 29 heavy (non-hydrogen) atoms. The molecule has 2 aromatic rings. The molecule has 0 spiro atoms. The minimum atomic E-state index is 0. The minimum absolute atomic E-state index is 0. The van der Waals surface area contributed by atoms with E-state index in [0.717, 1.165) is 17.7 Å². The first kappa shape index (κ1) is 24.6. The number of aliphatic imine (C=N–C) groups is 1. The summed E-state index contributed by atoms with van der Waals surface area (Å²) >= 11 is 0. The fourth-order valence-corrected chi connectivity index (χ4v) is 2.60. The van der Waals surface area contributed by atoms with Gasteiger partial charge in [-0.3, -0.25) is 0 Å². The van der Waals surface area contributed by atoms with Crippen molar-refractivity contribution < 1.29 is 18.9 Å². The van der Waals surface area contributed by atoms with E-state index in [-0.39, 0.29) is 24.0 Å². The van der Waals surface area contributed by atoms with Gasteiger partial charge in [-0.1, -0.05) is 0 Å². The summed E-state index contributed by atoms with van der Waals surface area (Å²) in [5, 5.41) is 6.54. The average molecular weight is 516 g/mol. The van der Waals surface area contributed by atoms with E-state index in [1.807, 2.05) is 31.2 Å². The number of hydrogen-bond donors (Lipinski definition) is 2. The molecule has 160 valence electrons. The maximum atomic E-state index is 5.40. The number of methoxy groups -OCH3 is 4. The van der Waals surface area contributed by atoms with Gasteiger partial charge in [0.25, 0.3) is 0 Å². The summed E-state index contributed by atoms with van der Waals surface area (Å²) in [6, 6.07) is 7.60. The van der Waals surface area contributed by atoms with E-state index in [9.17, 15) is 0 Å². The molecule has 0 aliphatic rings. The summed E-state index contributed by atoms with van der Waals surface area (Å²) < 4.78 is 21.3. The Kier molecular flexibility index (Phi) is 11.0. The molecule has 1 aromatic carbocycles. The first-order chi connectivity index (χ1) is 13.6. The highest BCUT2D eigenvalue weighted by Gasteiger charge is 2.13. The molecule has 2 N–H and O–H groups in total. The molecule has 0 unspecified atom stereocenters. The summed E-state index contributed by atoms with van der Waals surface area (Å²) in [5.41, 5.74) is 1.99.